The molecule has 5 rings (SSSR count). The number of hydrogen-bond acceptors (Lipinski definition) is 4. The predicted molar refractivity (Wildman–Crippen MR) is 123 cm³/mol. The molecule has 3 atom stereocenters. The van der Waals surface area contributed by atoms with Crippen molar-refractivity contribution in [2.24, 2.45) is 5.92 Å². The Balaban J connectivity index is 1.39. The van der Waals surface area contributed by atoms with E-state index in [1.54, 1.807) is 24.3 Å². The second-order valence-corrected chi connectivity index (χ2v) is 10.5. The van der Waals surface area contributed by atoms with Crippen LogP contribution in [0.4, 0.5) is 0 Å². The van der Waals surface area contributed by atoms with Crippen molar-refractivity contribution < 1.29 is 12.6 Å². The molecule has 0 unspecified atom stereocenters. The molecule has 0 amide bonds. The smallest absolute Gasteiger partial charge is 0.296 e. The van der Waals surface area contributed by atoms with Crippen LogP contribution in [0.1, 0.15) is 29.0 Å². The summed E-state index contributed by atoms with van der Waals surface area (Å²) in [6, 6.07) is 13.7. The number of H-pyrrole nitrogens is 1. The van der Waals surface area contributed by atoms with Gasteiger partial charge in [-0.3, -0.25) is 9.08 Å². The molecule has 6 heteroatoms. The normalized spacial score (nSPS) is 23.6. The molecule has 162 valence electrons. The Kier molecular flexibility index (Phi) is 5.24. The highest BCUT2D eigenvalue weighted by Crippen LogP contribution is 2.44. The number of fused-ring (bicyclic) bond motifs is 2. The fourth-order valence-electron chi connectivity index (χ4n) is 5.35. The summed E-state index contributed by atoms with van der Waals surface area (Å²) in [4.78, 5) is 6.08. The van der Waals surface area contributed by atoms with E-state index < -0.39 is 10.1 Å². The van der Waals surface area contributed by atoms with Gasteiger partial charge in [0, 0.05) is 42.1 Å². The van der Waals surface area contributed by atoms with Gasteiger partial charge in [-0.05, 0) is 55.0 Å². The molecule has 5 nitrogen and oxygen atoms in total. The highest BCUT2D eigenvalue weighted by molar-refractivity contribution is 7.86. The molecule has 2 heterocycles. The first-order chi connectivity index (χ1) is 15.0. The third-order valence-corrected chi connectivity index (χ3v) is 8.09. The number of nitrogens with one attached hydrogen (secondary N) is 1. The SMILES string of the molecule is C=CCN1C[C@H](COS(=O)(=O)c2ccc(C)cc2)C[C@@H]2c3cccc4[nH]cc(c34)C[C@H]21. The number of hydrogen-bond donors (Lipinski definition) is 1. The highest BCUT2D eigenvalue weighted by atomic mass is 32.2. The molecule has 2 aromatic carbocycles. The molecule has 3 aromatic rings. The zero-order chi connectivity index (χ0) is 21.6. The number of aromatic amines is 1. The van der Waals surface area contributed by atoms with E-state index in [0.29, 0.717) is 12.0 Å². The van der Waals surface area contributed by atoms with Crippen molar-refractivity contribution in [1.29, 1.82) is 0 Å². The predicted octanol–water partition coefficient (Wildman–Crippen LogP) is 4.40. The van der Waals surface area contributed by atoms with E-state index in [-0.39, 0.29) is 17.4 Å². The minimum atomic E-state index is -3.76. The molecule has 1 N–H and O–H groups in total. The maximum atomic E-state index is 12.7. The summed E-state index contributed by atoms with van der Waals surface area (Å²) in [5, 5.41) is 1.34. The lowest BCUT2D eigenvalue weighted by Crippen LogP contribution is -2.50. The van der Waals surface area contributed by atoms with Gasteiger partial charge in [-0.2, -0.15) is 8.42 Å². The Bertz CT molecular complexity index is 1210. The zero-order valence-electron chi connectivity index (χ0n) is 17.8. The van der Waals surface area contributed by atoms with E-state index in [9.17, 15) is 8.42 Å². The van der Waals surface area contributed by atoms with Gasteiger partial charge in [-0.15, -0.1) is 6.58 Å². The molecule has 0 radical (unpaired) electrons. The van der Waals surface area contributed by atoms with Crippen molar-refractivity contribution in [3.63, 3.8) is 0 Å². The average molecular weight is 437 g/mol. The lowest BCUT2D eigenvalue weighted by Gasteiger charge is -2.46. The minimum Gasteiger partial charge on any atom is -0.361 e. The van der Waals surface area contributed by atoms with Crippen LogP contribution in [0.2, 0.25) is 0 Å². The maximum absolute atomic E-state index is 12.7. The molecular weight excluding hydrogens is 408 g/mol. The lowest BCUT2D eigenvalue weighted by atomic mass is 9.72. The van der Waals surface area contributed by atoms with Crippen LogP contribution in [0.3, 0.4) is 0 Å². The first kappa shape index (κ1) is 20.5. The van der Waals surface area contributed by atoms with E-state index in [0.717, 1.165) is 31.5 Å². The van der Waals surface area contributed by atoms with E-state index in [4.69, 9.17) is 4.18 Å². The summed E-state index contributed by atoms with van der Waals surface area (Å²) < 4.78 is 30.9. The molecule has 0 saturated carbocycles. The van der Waals surface area contributed by atoms with Gasteiger partial charge in [0.05, 0.1) is 11.5 Å². The van der Waals surface area contributed by atoms with Crippen molar-refractivity contribution in [3.05, 3.63) is 78.0 Å². The van der Waals surface area contributed by atoms with Crippen molar-refractivity contribution in [2.75, 3.05) is 19.7 Å². The van der Waals surface area contributed by atoms with Crippen LogP contribution >= 0.6 is 0 Å². The maximum Gasteiger partial charge on any atom is 0.296 e. The largest absolute Gasteiger partial charge is 0.361 e. The van der Waals surface area contributed by atoms with Gasteiger partial charge in [0.2, 0.25) is 0 Å². The molecule has 1 aliphatic heterocycles. The monoisotopic (exact) mass is 436 g/mol. The number of rotatable bonds is 6. The second kappa shape index (κ2) is 7.93. The molecule has 0 spiro atoms. The summed E-state index contributed by atoms with van der Waals surface area (Å²) in [5.74, 6) is 0.494. The Morgan fingerprint density at radius 3 is 2.81 bits per heavy atom. The minimum absolute atomic E-state index is 0.136. The Morgan fingerprint density at radius 2 is 2.03 bits per heavy atom. The Hall–Kier alpha value is -2.41. The Labute approximate surface area is 183 Å². The quantitative estimate of drug-likeness (QED) is 0.460. The van der Waals surface area contributed by atoms with Crippen LogP contribution in [0, 0.1) is 12.8 Å². The van der Waals surface area contributed by atoms with Gasteiger partial charge in [-0.25, -0.2) is 0 Å². The first-order valence-electron chi connectivity index (χ1n) is 10.9. The van der Waals surface area contributed by atoms with Crippen molar-refractivity contribution in [3.8, 4) is 0 Å². The standard InChI is InChI=1S/C25H28N2O3S/c1-3-11-27-15-18(16-30-31(28,29)20-9-7-17(2)8-10-20)12-22-21-5-4-6-23-25(21)19(14-26-23)13-24(22)27/h3-10,14,18,22,24,26H,1,11-13,15-16H2,2H3/t18-,22-,24-/m1/s1. The first-order valence-corrected chi connectivity index (χ1v) is 12.3. The number of benzene rings is 2. The average Bonchev–Trinajstić information content (AvgIpc) is 3.18. The fraction of sp³-hybridized carbons (Fsp3) is 0.360. The third-order valence-electron chi connectivity index (χ3n) is 6.79. The number of nitrogens with zero attached hydrogens (tertiary/aromatic N) is 1. The topological polar surface area (TPSA) is 62.4 Å². The summed E-state index contributed by atoms with van der Waals surface area (Å²) >= 11 is 0. The molecule has 2 aliphatic rings. The summed E-state index contributed by atoms with van der Waals surface area (Å²) in [6.07, 6.45) is 6.01. The third kappa shape index (κ3) is 3.73. The van der Waals surface area contributed by atoms with Crippen molar-refractivity contribution >= 4 is 21.0 Å². The van der Waals surface area contributed by atoms with Gasteiger partial charge in [0.25, 0.3) is 10.1 Å². The summed E-state index contributed by atoms with van der Waals surface area (Å²) in [6.45, 7) is 7.68. The van der Waals surface area contributed by atoms with E-state index in [1.165, 1.54) is 22.0 Å². The van der Waals surface area contributed by atoms with E-state index in [2.05, 4.69) is 40.9 Å². The number of aromatic nitrogens is 1. The van der Waals surface area contributed by atoms with Gasteiger partial charge >= 0.3 is 0 Å². The van der Waals surface area contributed by atoms with Crippen LogP contribution in [0.15, 0.2) is 66.2 Å². The van der Waals surface area contributed by atoms with Crippen molar-refractivity contribution in [1.82, 2.24) is 9.88 Å². The number of likely N-dealkylation sites (tertiary alicyclic amines) is 1. The zero-order valence-corrected chi connectivity index (χ0v) is 18.6. The lowest BCUT2D eigenvalue weighted by molar-refractivity contribution is 0.0734. The van der Waals surface area contributed by atoms with Gasteiger partial charge in [0.15, 0.2) is 0 Å². The summed E-state index contributed by atoms with van der Waals surface area (Å²) in [7, 11) is -3.76. The molecule has 31 heavy (non-hydrogen) atoms. The summed E-state index contributed by atoms with van der Waals surface area (Å²) in [5.41, 5.74) is 4.94. The number of piperidine rings is 1. The van der Waals surface area contributed by atoms with Gasteiger partial charge in [0.1, 0.15) is 0 Å². The van der Waals surface area contributed by atoms with E-state index >= 15 is 0 Å². The molecule has 0 bridgehead atoms. The van der Waals surface area contributed by atoms with Crippen molar-refractivity contribution in [2.45, 2.75) is 36.6 Å². The molecule has 1 aliphatic carbocycles. The van der Waals surface area contributed by atoms with Crippen LogP contribution in [0.25, 0.3) is 10.9 Å². The van der Waals surface area contributed by atoms with Crippen LogP contribution in [-0.2, 0) is 20.7 Å². The number of aryl methyl sites for hydroxylation is 1. The van der Waals surface area contributed by atoms with Gasteiger partial charge in [-0.1, -0.05) is 35.9 Å². The van der Waals surface area contributed by atoms with Gasteiger partial charge < -0.3 is 4.98 Å². The molecule has 1 fully saturated rings. The van der Waals surface area contributed by atoms with Crippen LogP contribution in [0.5, 0.6) is 0 Å². The fourth-order valence-corrected chi connectivity index (χ4v) is 6.33. The second-order valence-electron chi connectivity index (χ2n) is 8.86. The van der Waals surface area contributed by atoms with Crippen LogP contribution in [-0.4, -0.2) is 44.0 Å². The highest BCUT2D eigenvalue weighted by Gasteiger charge is 2.40. The molecular formula is C25H28N2O3S. The molecule has 1 saturated heterocycles. The Morgan fingerprint density at radius 1 is 1.23 bits per heavy atom. The van der Waals surface area contributed by atoms with E-state index in [1.807, 2.05) is 13.0 Å². The molecule has 1 aromatic heterocycles. The van der Waals surface area contributed by atoms with Crippen LogP contribution < -0.4 is 0 Å².